The molecule has 82 valence electrons. The second kappa shape index (κ2) is 4.45. The lowest BCUT2D eigenvalue weighted by atomic mass is 9.95. The summed E-state index contributed by atoms with van der Waals surface area (Å²) in [6.45, 7) is 6.04. The molecule has 0 saturated heterocycles. The van der Waals surface area contributed by atoms with Crippen LogP contribution in [0.4, 0.5) is 0 Å². The van der Waals surface area contributed by atoms with Gasteiger partial charge in [-0.1, -0.05) is 51.1 Å². The van der Waals surface area contributed by atoms with Crippen LogP contribution < -0.4 is 5.84 Å². The number of carbonyl (C=O) groups excluding carboxylic acids is 1. The van der Waals surface area contributed by atoms with Gasteiger partial charge in [0.05, 0.1) is 6.54 Å². The third-order valence-electron chi connectivity index (χ3n) is 2.10. The molecule has 0 saturated carbocycles. The predicted octanol–water partition coefficient (Wildman–Crippen LogP) is 1.93. The second-order valence-corrected chi connectivity index (χ2v) is 4.67. The molecule has 0 spiro atoms. The van der Waals surface area contributed by atoms with Gasteiger partial charge in [0.2, 0.25) is 5.91 Å². The molecule has 0 bridgehead atoms. The molecule has 3 heteroatoms. The molecule has 0 aromatic heterocycles. The van der Waals surface area contributed by atoms with Crippen LogP contribution in [0.3, 0.4) is 0 Å². The minimum atomic E-state index is -0.427. The molecule has 15 heavy (non-hydrogen) atoms. The van der Waals surface area contributed by atoms with E-state index < -0.39 is 5.41 Å². The predicted molar refractivity (Wildman–Crippen MR) is 60.6 cm³/mol. The Labute approximate surface area is 90.9 Å². The van der Waals surface area contributed by atoms with Crippen LogP contribution in [0, 0.1) is 5.41 Å². The van der Waals surface area contributed by atoms with Gasteiger partial charge in [0.15, 0.2) is 0 Å². The molecular weight excluding hydrogens is 188 g/mol. The molecule has 3 nitrogen and oxygen atoms in total. The summed E-state index contributed by atoms with van der Waals surface area (Å²) in [7, 11) is 0. The molecule has 0 heterocycles. The highest BCUT2D eigenvalue weighted by molar-refractivity contribution is 5.80. The highest BCUT2D eigenvalue weighted by Crippen LogP contribution is 2.16. The molecule has 0 aliphatic heterocycles. The van der Waals surface area contributed by atoms with Crippen molar-refractivity contribution in [1.29, 1.82) is 0 Å². The summed E-state index contributed by atoms with van der Waals surface area (Å²) >= 11 is 0. The van der Waals surface area contributed by atoms with Crippen LogP contribution >= 0.6 is 0 Å². The Morgan fingerprint density at radius 3 is 2.27 bits per heavy atom. The van der Waals surface area contributed by atoms with Gasteiger partial charge in [0, 0.05) is 5.41 Å². The molecule has 1 aromatic carbocycles. The lowest BCUT2D eigenvalue weighted by Crippen LogP contribution is -2.43. The topological polar surface area (TPSA) is 46.3 Å². The van der Waals surface area contributed by atoms with Crippen LogP contribution in [0.2, 0.25) is 0 Å². The van der Waals surface area contributed by atoms with Crippen molar-refractivity contribution in [2.45, 2.75) is 27.3 Å². The average molecular weight is 206 g/mol. The van der Waals surface area contributed by atoms with Gasteiger partial charge in [-0.25, -0.2) is 5.84 Å². The molecule has 0 radical (unpaired) electrons. The van der Waals surface area contributed by atoms with Crippen LogP contribution in [0.25, 0.3) is 0 Å². The third-order valence-corrected chi connectivity index (χ3v) is 2.10. The van der Waals surface area contributed by atoms with Crippen LogP contribution in [-0.2, 0) is 11.3 Å². The van der Waals surface area contributed by atoms with Crippen LogP contribution in [0.5, 0.6) is 0 Å². The molecule has 1 rings (SSSR count). The maximum Gasteiger partial charge on any atom is 0.242 e. The SMILES string of the molecule is CC(C)(C)C(=O)N(N)Cc1ccccc1. The van der Waals surface area contributed by atoms with E-state index in [4.69, 9.17) is 5.84 Å². The van der Waals surface area contributed by atoms with Crippen LogP contribution in [0.1, 0.15) is 26.3 Å². The fraction of sp³-hybridized carbons (Fsp3) is 0.417. The number of nitrogens with two attached hydrogens (primary N) is 1. The quantitative estimate of drug-likeness (QED) is 0.456. The summed E-state index contributed by atoms with van der Waals surface area (Å²) in [4.78, 5) is 11.8. The Morgan fingerprint density at radius 2 is 1.80 bits per heavy atom. The van der Waals surface area contributed by atoms with Crippen LogP contribution in [0.15, 0.2) is 30.3 Å². The van der Waals surface area contributed by atoms with Crippen molar-refractivity contribution < 1.29 is 4.79 Å². The van der Waals surface area contributed by atoms with E-state index in [9.17, 15) is 4.79 Å². The van der Waals surface area contributed by atoms with Gasteiger partial charge in [-0.2, -0.15) is 0 Å². The molecule has 2 N–H and O–H groups in total. The van der Waals surface area contributed by atoms with Crippen molar-refractivity contribution in [3.05, 3.63) is 35.9 Å². The minimum Gasteiger partial charge on any atom is -0.276 e. The Kier molecular flexibility index (Phi) is 3.48. The summed E-state index contributed by atoms with van der Waals surface area (Å²) in [6.07, 6.45) is 0. The standard InChI is InChI=1S/C12H18N2O/c1-12(2,3)11(15)14(13)9-10-7-5-4-6-8-10/h4-8H,9,13H2,1-3H3. The van der Waals surface area contributed by atoms with Crippen molar-refractivity contribution in [2.24, 2.45) is 11.3 Å². The minimum absolute atomic E-state index is 0.0497. The van der Waals surface area contributed by atoms with Gasteiger partial charge in [-0.05, 0) is 5.56 Å². The van der Waals surface area contributed by atoms with Crippen molar-refractivity contribution >= 4 is 5.91 Å². The Balaban J connectivity index is 2.65. The van der Waals surface area contributed by atoms with E-state index in [0.717, 1.165) is 5.56 Å². The van der Waals surface area contributed by atoms with E-state index in [2.05, 4.69) is 0 Å². The number of amides is 1. The first-order chi connectivity index (χ1) is 6.91. The molecule has 0 aliphatic rings. The first-order valence-electron chi connectivity index (χ1n) is 5.02. The molecule has 0 fully saturated rings. The lowest BCUT2D eigenvalue weighted by molar-refractivity contribution is -0.140. The first-order valence-corrected chi connectivity index (χ1v) is 5.02. The van der Waals surface area contributed by atoms with E-state index in [1.807, 2.05) is 51.1 Å². The van der Waals surface area contributed by atoms with Gasteiger partial charge in [0.1, 0.15) is 0 Å². The number of hydrogen-bond donors (Lipinski definition) is 1. The maximum atomic E-state index is 11.8. The monoisotopic (exact) mass is 206 g/mol. The normalized spacial score (nSPS) is 11.2. The van der Waals surface area contributed by atoms with E-state index in [1.165, 1.54) is 5.01 Å². The van der Waals surface area contributed by atoms with E-state index in [0.29, 0.717) is 6.54 Å². The van der Waals surface area contributed by atoms with E-state index in [-0.39, 0.29) is 5.91 Å². The second-order valence-electron chi connectivity index (χ2n) is 4.67. The zero-order chi connectivity index (χ0) is 11.5. The van der Waals surface area contributed by atoms with Crippen molar-refractivity contribution in [2.75, 3.05) is 0 Å². The number of hydrogen-bond acceptors (Lipinski definition) is 2. The van der Waals surface area contributed by atoms with Gasteiger partial charge in [-0.3, -0.25) is 9.80 Å². The largest absolute Gasteiger partial charge is 0.276 e. The fourth-order valence-electron chi connectivity index (χ4n) is 1.28. The molecule has 1 aromatic rings. The van der Waals surface area contributed by atoms with Gasteiger partial charge >= 0.3 is 0 Å². The zero-order valence-corrected chi connectivity index (χ0v) is 9.53. The Hall–Kier alpha value is -1.35. The number of nitrogens with zero attached hydrogens (tertiary/aromatic N) is 1. The Bertz CT molecular complexity index is 327. The van der Waals surface area contributed by atoms with Crippen molar-refractivity contribution in [3.8, 4) is 0 Å². The lowest BCUT2D eigenvalue weighted by Gasteiger charge is -2.25. The highest BCUT2D eigenvalue weighted by Gasteiger charge is 2.25. The summed E-state index contributed by atoms with van der Waals surface area (Å²) in [5.74, 6) is 5.67. The smallest absolute Gasteiger partial charge is 0.242 e. The number of benzene rings is 1. The summed E-state index contributed by atoms with van der Waals surface area (Å²) in [5, 5.41) is 1.27. The van der Waals surface area contributed by atoms with Gasteiger partial charge in [0.25, 0.3) is 0 Å². The van der Waals surface area contributed by atoms with E-state index >= 15 is 0 Å². The summed E-state index contributed by atoms with van der Waals surface area (Å²) in [5.41, 5.74) is 0.612. The molecule has 0 aliphatic carbocycles. The number of carbonyl (C=O) groups is 1. The molecular formula is C12H18N2O. The van der Waals surface area contributed by atoms with Gasteiger partial charge < -0.3 is 0 Å². The van der Waals surface area contributed by atoms with Crippen molar-refractivity contribution in [1.82, 2.24) is 5.01 Å². The zero-order valence-electron chi connectivity index (χ0n) is 9.53. The molecule has 0 atom stereocenters. The third kappa shape index (κ3) is 3.36. The fourth-order valence-corrected chi connectivity index (χ4v) is 1.28. The maximum absolute atomic E-state index is 11.8. The molecule has 1 amide bonds. The summed E-state index contributed by atoms with van der Waals surface area (Å²) in [6, 6.07) is 9.72. The highest BCUT2D eigenvalue weighted by atomic mass is 16.2. The van der Waals surface area contributed by atoms with Crippen LogP contribution in [-0.4, -0.2) is 10.9 Å². The van der Waals surface area contributed by atoms with Crippen molar-refractivity contribution in [3.63, 3.8) is 0 Å². The number of rotatable bonds is 2. The Morgan fingerprint density at radius 1 is 1.27 bits per heavy atom. The van der Waals surface area contributed by atoms with Gasteiger partial charge in [-0.15, -0.1) is 0 Å². The first kappa shape index (κ1) is 11.7. The van der Waals surface area contributed by atoms with E-state index in [1.54, 1.807) is 0 Å². The summed E-state index contributed by atoms with van der Waals surface area (Å²) < 4.78 is 0. The average Bonchev–Trinajstić information content (AvgIpc) is 2.16. The number of hydrazine groups is 1. The molecule has 0 unspecified atom stereocenters.